The fourth-order valence-corrected chi connectivity index (χ4v) is 2.40. The standard InChI is InChI=1S/C13H14BrN3O/c1-9(14)12-7-17(16-15-12)6-10-8-18-13-5-3-2-4-11(10)13/h2-5,7,9-10H,6,8H2,1H3. The molecule has 0 N–H and O–H groups in total. The second kappa shape index (κ2) is 4.72. The zero-order valence-electron chi connectivity index (χ0n) is 10.1. The molecule has 0 spiro atoms. The van der Waals surface area contributed by atoms with E-state index in [0.717, 1.165) is 24.6 Å². The number of hydrogen-bond donors (Lipinski definition) is 0. The molecule has 0 radical (unpaired) electrons. The van der Waals surface area contributed by atoms with E-state index in [2.05, 4.69) is 32.3 Å². The topological polar surface area (TPSA) is 39.9 Å². The smallest absolute Gasteiger partial charge is 0.122 e. The van der Waals surface area contributed by atoms with Crippen molar-refractivity contribution in [1.29, 1.82) is 0 Å². The third-order valence-electron chi connectivity index (χ3n) is 3.17. The van der Waals surface area contributed by atoms with Crippen molar-refractivity contribution in [2.45, 2.75) is 24.2 Å². The van der Waals surface area contributed by atoms with Crippen LogP contribution in [0.15, 0.2) is 30.5 Å². The quantitative estimate of drug-likeness (QED) is 0.819. The first-order valence-electron chi connectivity index (χ1n) is 6.00. The van der Waals surface area contributed by atoms with Crippen molar-refractivity contribution in [3.63, 3.8) is 0 Å². The number of aromatic nitrogens is 3. The molecule has 2 aromatic rings. The van der Waals surface area contributed by atoms with Gasteiger partial charge in [0.15, 0.2) is 0 Å². The van der Waals surface area contributed by atoms with E-state index in [1.54, 1.807) is 0 Å². The molecule has 18 heavy (non-hydrogen) atoms. The predicted octanol–water partition coefficient (Wildman–Crippen LogP) is 2.91. The summed E-state index contributed by atoms with van der Waals surface area (Å²) in [4.78, 5) is 0.235. The van der Waals surface area contributed by atoms with Crippen molar-refractivity contribution in [2.75, 3.05) is 6.61 Å². The summed E-state index contributed by atoms with van der Waals surface area (Å²) < 4.78 is 7.56. The number of hydrogen-bond acceptors (Lipinski definition) is 3. The molecule has 0 amide bonds. The predicted molar refractivity (Wildman–Crippen MR) is 72.0 cm³/mol. The first kappa shape index (κ1) is 11.7. The van der Waals surface area contributed by atoms with Crippen LogP contribution in [0.5, 0.6) is 5.75 Å². The SMILES string of the molecule is CC(Br)c1cn(CC2COc3ccccc32)nn1. The monoisotopic (exact) mass is 307 g/mol. The van der Waals surface area contributed by atoms with Gasteiger partial charge in [0.2, 0.25) is 0 Å². The Kier molecular flexibility index (Phi) is 3.07. The molecule has 3 rings (SSSR count). The normalized spacial score (nSPS) is 19.3. The fraction of sp³-hybridized carbons (Fsp3) is 0.385. The van der Waals surface area contributed by atoms with Gasteiger partial charge in [-0.3, -0.25) is 4.68 Å². The Balaban J connectivity index is 1.78. The molecular formula is C13H14BrN3O. The highest BCUT2D eigenvalue weighted by Crippen LogP contribution is 2.34. The highest BCUT2D eigenvalue weighted by molar-refractivity contribution is 9.09. The molecule has 2 atom stereocenters. The van der Waals surface area contributed by atoms with Crippen molar-refractivity contribution in [3.05, 3.63) is 41.7 Å². The molecule has 5 heteroatoms. The second-order valence-corrected chi connectivity index (χ2v) is 5.90. The summed E-state index contributed by atoms with van der Waals surface area (Å²) in [6, 6.07) is 8.19. The van der Waals surface area contributed by atoms with Crippen LogP contribution in [0.2, 0.25) is 0 Å². The molecule has 1 aromatic heterocycles. The largest absolute Gasteiger partial charge is 0.493 e. The summed E-state index contributed by atoms with van der Waals surface area (Å²) in [5.74, 6) is 1.36. The highest BCUT2D eigenvalue weighted by atomic mass is 79.9. The second-order valence-electron chi connectivity index (χ2n) is 4.53. The van der Waals surface area contributed by atoms with Crippen molar-refractivity contribution in [1.82, 2.24) is 15.0 Å². The van der Waals surface area contributed by atoms with Crippen LogP contribution < -0.4 is 4.74 Å². The van der Waals surface area contributed by atoms with Crippen LogP contribution in [-0.4, -0.2) is 21.6 Å². The van der Waals surface area contributed by atoms with Gasteiger partial charge >= 0.3 is 0 Å². The third-order valence-corrected chi connectivity index (χ3v) is 3.64. The Morgan fingerprint density at radius 2 is 2.33 bits per heavy atom. The maximum absolute atomic E-state index is 5.67. The van der Waals surface area contributed by atoms with E-state index in [-0.39, 0.29) is 4.83 Å². The van der Waals surface area contributed by atoms with Crippen LogP contribution in [0.1, 0.15) is 28.9 Å². The molecule has 94 valence electrons. The zero-order valence-corrected chi connectivity index (χ0v) is 11.7. The number of fused-ring (bicyclic) bond motifs is 1. The van der Waals surface area contributed by atoms with Crippen LogP contribution >= 0.6 is 15.9 Å². The number of benzene rings is 1. The maximum Gasteiger partial charge on any atom is 0.122 e. The van der Waals surface area contributed by atoms with Gasteiger partial charge in [-0.15, -0.1) is 5.10 Å². The van der Waals surface area contributed by atoms with Gasteiger partial charge in [-0.1, -0.05) is 39.3 Å². The van der Waals surface area contributed by atoms with Crippen molar-refractivity contribution >= 4 is 15.9 Å². The molecule has 0 fully saturated rings. The number of halogens is 1. The molecule has 1 aliphatic rings. The Morgan fingerprint density at radius 1 is 1.50 bits per heavy atom. The lowest BCUT2D eigenvalue weighted by Crippen LogP contribution is -2.11. The summed E-state index contributed by atoms with van der Waals surface area (Å²) in [7, 11) is 0. The van der Waals surface area contributed by atoms with E-state index in [4.69, 9.17) is 4.74 Å². The van der Waals surface area contributed by atoms with Gasteiger partial charge in [0.25, 0.3) is 0 Å². The van der Waals surface area contributed by atoms with Gasteiger partial charge in [-0.25, -0.2) is 0 Å². The third kappa shape index (κ3) is 2.14. The Morgan fingerprint density at radius 3 is 3.11 bits per heavy atom. The van der Waals surface area contributed by atoms with Crippen molar-refractivity contribution < 1.29 is 4.74 Å². The summed E-state index contributed by atoms with van der Waals surface area (Å²) in [6.45, 7) is 3.57. The van der Waals surface area contributed by atoms with Gasteiger partial charge in [0, 0.05) is 17.7 Å². The lowest BCUT2D eigenvalue weighted by atomic mass is 10.0. The molecule has 0 saturated carbocycles. The van der Waals surface area contributed by atoms with Gasteiger partial charge in [-0.2, -0.15) is 0 Å². The Hall–Kier alpha value is -1.36. The van der Waals surface area contributed by atoms with E-state index in [1.807, 2.05) is 36.0 Å². The Labute approximate surface area is 114 Å². The minimum atomic E-state index is 0.235. The fourth-order valence-electron chi connectivity index (χ4n) is 2.19. The summed E-state index contributed by atoms with van der Waals surface area (Å²) in [5, 5.41) is 8.29. The maximum atomic E-state index is 5.67. The van der Waals surface area contributed by atoms with Gasteiger partial charge < -0.3 is 4.74 Å². The molecular weight excluding hydrogens is 294 g/mol. The number of rotatable bonds is 3. The van der Waals surface area contributed by atoms with Gasteiger partial charge in [0.1, 0.15) is 5.75 Å². The summed E-state index contributed by atoms with van der Waals surface area (Å²) in [6.07, 6.45) is 1.99. The molecule has 0 saturated heterocycles. The summed E-state index contributed by atoms with van der Waals surface area (Å²) >= 11 is 3.49. The zero-order chi connectivity index (χ0) is 12.5. The molecule has 4 nitrogen and oxygen atoms in total. The van der Waals surface area contributed by atoms with Crippen LogP contribution in [0.3, 0.4) is 0 Å². The highest BCUT2D eigenvalue weighted by Gasteiger charge is 2.24. The van der Waals surface area contributed by atoms with Gasteiger partial charge in [-0.05, 0) is 13.0 Å². The molecule has 0 bridgehead atoms. The van der Waals surface area contributed by atoms with Crippen LogP contribution in [-0.2, 0) is 6.54 Å². The molecule has 2 unspecified atom stereocenters. The summed E-state index contributed by atoms with van der Waals surface area (Å²) in [5.41, 5.74) is 2.23. The van der Waals surface area contributed by atoms with Crippen molar-refractivity contribution in [3.8, 4) is 5.75 Å². The van der Waals surface area contributed by atoms with Crippen LogP contribution in [0.25, 0.3) is 0 Å². The molecule has 0 aliphatic carbocycles. The number of nitrogens with zero attached hydrogens (tertiary/aromatic N) is 3. The first-order valence-corrected chi connectivity index (χ1v) is 6.91. The minimum absolute atomic E-state index is 0.235. The van der Waals surface area contributed by atoms with Gasteiger partial charge in [0.05, 0.1) is 23.7 Å². The van der Waals surface area contributed by atoms with E-state index in [9.17, 15) is 0 Å². The van der Waals surface area contributed by atoms with Crippen LogP contribution in [0.4, 0.5) is 0 Å². The van der Waals surface area contributed by atoms with E-state index in [1.165, 1.54) is 5.56 Å². The number of para-hydroxylation sites is 1. The first-order chi connectivity index (χ1) is 8.74. The van der Waals surface area contributed by atoms with E-state index >= 15 is 0 Å². The number of alkyl halides is 1. The average molecular weight is 308 g/mol. The molecule has 1 aliphatic heterocycles. The van der Waals surface area contributed by atoms with Crippen molar-refractivity contribution in [2.24, 2.45) is 0 Å². The van der Waals surface area contributed by atoms with Crippen LogP contribution in [0, 0.1) is 0 Å². The lowest BCUT2D eigenvalue weighted by molar-refractivity contribution is 0.314. The minimum Gasteiger partial charge on any atom is -0.493 e. The van der Waals surface area contributed by atoms with E-state index in [0.29, 0.717) is 5.92 Å². The molecule has 2 heterocycles. The average Bonchev–Trinajstić information content (AvgIpc) is 2.98. The molecule has 1 aromatic carbocycles. The number of ether oxygens (including phenoxy) is 1. The van der Waals surface area contributed by atoms with E-state index < -0.39 is 0 Å². The Bertz CT molecular complexity index is 553. The lowest BCUT2D eigenvalue weighted by Gasteiger charge is -2.07.